The molecule has 3 heteroatoms. The third kappa shape index (κ3) is 4.53. The normalized spacial score (nSPS) is 23.7. The van der Waals surface area contributed by atoms with Crippen LogP contribution in [0.4, 0.5) is 0 Å². The van der Waals surface area contributed by atoms with E-state index in [0.29, 0.717) is 6.04 Å². The van der Waals surface area contributed by atoms with Crippen molar-refractivity contribution in [1.82, 2.24) is 9.80 Å². The van der Waals surface area contributed by atoms with E-state index in [1.54, 1.807) is 11.1 Å². The van der Waals surface area contributed by atoms with Gasteiger partial charge in [0.25, 0.3) is 0 Å². The van der Waals surface area contributed by atoms with E-state index in [9.17, 15) is 0 Å². The molecule has 2 aromatic rings. The van der Waals surface area contributed by atoms with Crippen molar-refractivity contribution in [1.29, 1.82) is 0 Å². The fraction of sp³-hybridized carbons (Fsp3) is 0.630. The molecule has 2 aromatic carbocycles. The van der Waals surface area contributed by atoms with Crippen molar-refractivity contribution < 1.29 is 4.74 Å². The van der Waals surface area contributed by atoms with Crippen LogP contribution in [0.3, 0.4) is 0 Å². The summed E-state index contributed by atoms with van der Waals surface area (Å²) in [4.78, 5) is 5.20. The number of hydrogen-bond donors (Lipinski definition) is 0. The molecule has 1 aliphatic carbocycles. The van der Waals surface area contributed by atoms with Crippen LogP contribution in [0.5, 0.6) is 5.75 Å². The third-order valence-corrected chi connectivity index (χ3v) is 7.91. The summed E-state index contributed by atoms with van der Waals surface area (Å²) < 4.78 is 6.15. The number of nitrogens with zero attached hydrogens (tertiary/aromatic N) is 2. The Kier molecular flexibility index (Phi) is 6.29. The number of ether oxygens (including phenoxy) is 1. The van der Waals surface area contributed by atoms with Gasteiger partial charge in [-0.3, -0.25) is 4.90 Å². The van der Waals surface area contributed by atoms with Gasteiger partial charge < -0.3 is 9.64 Å². The summed E-state index contributed by atoms with van der Waals surface area (Å²) in [7, 11) is 2.24. The first kappa shape index (κ1) is 20.3. The van der Waals surface area contributed by atoms with Gasteiger partial charge in [0, 0.05) is 25.7 Å². The highest BCUT2D eigenvalue weighted by Gasteiger charge is 2.23. The summed E-state index contributed by atoms with van der Waals surface area (Å²) in [6, 6.07) is 12.1. The molecule has 30 heavy (non-hydrogen) atoms. The van der Waals surface area contributed by atoms with Crippen LogP contribution in [-0.4, -0.2) is 49.1 Å². The Labute approximate surface area is 182 Å². The van der Waals surface area contributed by atoms with E-state index in [1.165, 1.54) is 81.8 Å². The standard InChI is InChI=1S/C27H38N2O/c1-28-15-5-8-24(28)14-17-30-25-11-12-26-23(18-25)10-9-22-13-16-29(20-27(22)26)19-21-6-3-2-4-7-21/h9-12,18,21,24H,2-8,13-17,19-20H2,1H3. The summed E-state index contributed by atoms with van der Waals surface area (Å²) in [5, 5.41) is 2.77. The molecule has 2 heterocycles. The monoisotopic (exact) mass is 406 g/mol. The Morgan fingerprint density at radius 1 is 0.967 bits per heavy atom. The fourth-order valence-corrected chi connectivity index (χ4v) is 6.06. The van der Waals surface area contributed by atoms with Gasteiger partial charge in [0.05, 0.1) is 6.61 Å². The lowest BCUT2D eigenvalue weighted by Crippen LogP contribution is -2.35. The molecule has 1 atom stereocenters. The van der Waals surface area contributed by atoms with Gasteiger partial charge >= 0.3 is 0 Å². The lowest BCUT2D eigenvalue weighted by Gasteiger charge is -2.34. The Bertz CT molecular complexity index is 857. The summed E-state index contributed by atoms with van der Waals surface area (Å²) in [6.07, 6.45) is 12.2. The number of fused-ring (bicyclic) bond motifs is 3. The topological polar surface area (TPSA) is 15.7 Å². The summed E-state index contributed by atoms with van der Waals surface area (Å²) in [6.45, 7) is 5.71. The first-order valence-electron chi connectivity index (χ1n) is 12.4. The zero-order valence-corrected chi connectivity index (χ0v) is 18.7. The van der Waals surface area contributed by atoms with Gasteiger partial charge in [-0.25, -0.2) is 0 Å². The van der Waals surface area contributed by atoms with Crippen molar-refractivity contribution in [2.45, 2.75) is 70.4 Å². The molecule has 2 fully saturated rings. The summed E-state index contributed by atoms with van der Waals surface area (Å²) in [5.74, 6) is 1.95. The Hall–Kier alpha value is -1.58. The third-order valence-electron chi connectivity index (χ3n) is 7.91. The van der Waals surface area contributed by atoms with Gasteiger partial charge in [-0.2, -0.15) is 0 Å². The first-order valence-corrected chi connectivity index (χ1v) is 12.4. The van der Waals surface area contributed by atoms with E-state index in [0.717, 1.165) is 31.2 Å². The zero-order chi connectivity index (χ0) is 20.3. The molecule has 0 spiro atoms. The second kappa shape index (κ2) is 9.28. The minimum Gasteiger partial charge on any atom is -0.494 e. The molecule has 0 aromatic heterocycles. The molecule has 0 bridgehead atoms. The van der Waals surface area contributed by atoms with Crippen LogP contribution in [0.2, 0.25) is 0 Å². The van der Waals surface area contributed by atoms with E-state index in [1.807, 2.05) is 0 Å². The minimum atomic E-state index is 0.702. The fourth-order valence-electron chi connectivity index (χ4n) is 6.06. The molecule has 5 rings (SSSR count). The minimum absolute atomic E-state index is 0.702. The quantitative estimate of drug-likeness (QED) is 0.617. The number of likely N-dealkylation sites (tertiary alicyclic amines) is 1. The van der Waals surface area contributed by atoms with Crippen LogP contribution in [0.25, 0.3) is 10.8 Å². The van der Waals surface area contributed by atoms with Crippen LogP contribution in [0, 0.1) is 5.92 Å². The van der Waals surface area contributed by atoms with Crippen LogP contribution < -0.4 is 4.74 Å². The van der Waals surface area contributed by atoms with E-state index >= 15 is 0 Å². The van der Waals surface area contributed by atoms with Gasteiger partial charge in [0.2, 0.25) is 0 Å². The molecule has 1 saturated carbocycles. The average molecular weight is 407 g/mol. The van der Waals surface area contributed by atoms with E-state index in [2.05, 4.69) is 47.2 Å². The second-order valence-corrected chi connectivity index (χ2v) is 9.99. The molecule has 3 nitrogen and oxygen atoms in total. The van der Waals surface area contributed by atoms with Crippen LogP contribution in [-0.2, 0) is 13.0 Å². The Morgan fingerprint density at radius 3 is 2.70 bits per heavy atom. The highest BCUT2D eigenvalue weighted by atomic mass is 16.5. The van der Waals surface area contributed by atoms with Gasteiger partial charge in [0.15, 0.2) is 0 Å². The molecule has 0 amide bonds. The van der Waals surface area contributed by atoms with E-state index in [-0.39, 0.29) is 0 Å². The number of rotatable bonds is 6. The molecular formula is C27H38N2O. The number of hydrogen-bond acceptors (Lipinski definition) is 3. The maximum atomic E-state index is 6.15. The van der Waals surface area contributed by atoms with Crippen molar-refractivity contribution >= 4 is 10.8 Å². The maximum absolute atomic E-state index is 6.15. The van der Waals surface area contributed by atoms with Crippen LogP contribution in [0.1, 0.15) is 62.5 Å². The maximum Gasteiger partial charge on any atom is 0.119 e. The lowest BCUT2D eigenvalue weighted by atomic mass is 9.87. The lowest BCUT2D eigenvalue weighted by molar-refractivity contribution is 0.188. The largest absolute Gasteiger partial charge is 0.494 e. The van der Waals surface area contributed by atoms with Gasteiger partial charge in [0.1, 0.15) is 5.75 Å². The predicted octanol–water partition coefficient (Wildman–Crippen LogP) is 5.64. The van der Waals surface area contributed by atoms with Gasteiger partial charge in [-0.05, 0) is 92.1 Å². The average Bonchev–Trinajstić information content (AvgIpc) is 3.19. The van der Waals surface area contributed by atoms with E-state index < -0.39 is 0 Å². The number of benzene rings is 2. The van der Waals surface area contributed by atoms with Crippen molar-refractivity contribution in [3.05, 3.63) is 41.5 Å². The van der Waals surface area contributed by atoms with Crippen LogP contribution in [0.15, 0.2) is 30.3 Å². The molecule has 1 unspecified atom stereocenters. The van der Waals surface area contributed by atoms with Crippen molar-refractivity contribution in [2.24, 2.45) is 5.92 Å². The molecule has 1 saturated heterocycles. The molecule has 2 aliphatic heterocycles. The Morgan fingerprint density at radius 2 is 1.87 bits per heavy atom. The molecule has 3 aliphatic rings. The summed E-state index contributed by atoms with van der Waals surface area (Å²) >= 11 is 0. The Balaban J connectivity index is 1.25. The predicted molar refractivity (Wildman–Crippen MR) is 125 cm³/mol. The van der Waals surface area contributed by atoms with Crippen molar-refractivity contribution in [3.8, 4) is 5.75 Å². The van der Waals surface area contributed by atoms with Crippen molar-refractivity contribution in [2.75, 3.05) is 33.3 Å². The summed E-state index contributed by atoms with van der Waals surface area (Å²) in [5.41, 5.74) is 3.12. The van der Waals surface area contributed by atoms with Crippen LogP contribution >= 0.6 is 0 Å². The smallest absolute Gasteiger partial charge is 0.119 e. The highest BCUT2D eigenvalue weighted by Crippen LogP contribution is 2.32. The molecule has 0 radical (unpaired) electrons. The highest BCUT2D eigenvalue weighted by molar-refractivity contribution is 5.88. The van der Waals surface area contributed by atoms with Gasteiger partial charge in [-0.1, -0.05) is 37.5 Å². The van der Waals surface area contributed by atoms with E-state index in [4.69, 9.17) is 4.74 Å². The molecule has 0 N–H and O–H groups in total. The van der Waals surface area contributed by atoms with Crippen molar-refractivity contribution in [3.63, 3.8) is 0 Å². The van der Waals surface area contributed by atoms with Gasteiger partial charge in [-0.15, -0.1) is 0 Å². The second-order valence-electron chi connectivity index (χ2n) is 9.99. The molecule has 162 valence electrons. The zero-order valence-electron chi connectivity index (χ0n) is 18.7. The molecular weight excluding hydrogens is 368 g/mol. The SMILES string of the molecule is CN1CCCC1CCOc1ccc2c3c(ccc2c1)CCN(CC1CCCCC1)C3. The first-order chi connectivity index (χ1) is 14.8.